The van der Waals surface area contributed by atoms with E-state index in [4.69, 9.17) is 14.2 Å². The molecule has 0 heterocycles. The van der Waals surface area contributed by atoms with E-state index < -0.39 is 27.7 Å². The van der Waals surface area contributed by atoms with Gasteiger partial charge < -0.3 is 24.8 Å². The minimum atomic E-state index is -4.12. The lowest BCUT2D eigenvalue weighted by molar-refractivity contribution is 0.0524. The van der Waals surface area contributed by atoms with Crippen molar-refractivity contribution in [1.82, 2.24) is 5.32 Å². The number of carbonyl (C=O) groups excluding carboxylic acids is 2. The van der Waals surface area contributed by atoms with Crippen LogP contribution in [0.4, 0.5) is 16.2 Å². The topological polar surface area (TPSA) is 132 Å². The van der Waals surface area contributed by atoms with Gasteiger partial charge in [0.25, 0.3) is 10.0 Å². The van der Waals surface area contributed by atoms with Crippen LogP contribution in [0.2, 0.25) is 0 Å². The molecule has 0 aliphatic rings. The molecule has 1 atom stereocenters. The van der Waals surface area contributed by atoms with E-state index in [0.29, 0.717) is 34.5 Å². The fourth-order valence-corrected chi connectivity index (χ4v) is 5.97. The van der Waals surface area contributed by atoms with Gasteiger partial charge in [0.1, 0.15) is 16.2 Å². The van der Waals surface area contributed by atoms with Crippen molar-refractivity contribution in [3.8, 4) is 16.9 Å². The summed E-state index contributed by atoms with van der Waals surface area (Å²) in [6.45, 7) is 5.66. The van der Waals surface area contributed by atoms with Crippen LogP contribution in [-0.2, 0) is 25.9 Å². The number of hydrogen-bond acceptors (Lipinski definition) is 8. The van der Waals surface area contributed by atoms with E-state index in [1.54, 1.807) is 75.4 Å². The molecule has 0 bridgehead atoms. The van der Waals surface area contributed by atoms with Crippen molar-refractivity contribution in [1.29, 1.82) is 0 Å². The summed E-state index contributed by atoms with van der Waals surface area (Å²) in [5, 5.41) is 6.24. The van der Waals surface area contributed by atoms with Crippen LogP contribution in [0.15, 0.2) is 102 Å². The lowest BCUT2D eigenvalue weighted by atomic mass is 10.0. The number of carbonyl (C=O) groups is 2. The summed E-state index contributed by atoms with van der Waals surface area (Å²) < 4.78 is 45.7. The average molecular weight is 646 g/mol. The molecule has 4 rings (SSSR count). The van der Waals surface area contributed by atoms with Crippen LogP contribution in [0.1, 0.15) is 36.7 Å². The van der Waals surface area contributed by atoms with Gasteiger partial charge in [-0.05, 0) is 86.3 Å². The standard InChI is InChI=1S/C35H39N3O7S/c1-35(2,3)45-34(40)36-23-30(19-24-11-7-6-8-12-24)37-28-15-10-16-29(22-28)38-46(41,42)32-21-26(17-18-31(32)43-4)25-13-9-14-27(20-25)33(39)44-5/h6-18,20-22,30,37-38H,19,23H2,1-5H3,(H,36,40). The zero-order valence-electron chi connectivity index (χ0n) is 26.5. The van der Waals surface area contributed by atoms with Crippen LogP contribution >= 0.6 is 0 Å². The minimum absolute atomic E-state index is 0.0714. The van der Waals surface area contributed by atoms with Crippen LogP contribution < -0.4 is 20.1 Å². The van der Waals surface area contributed by atoms with E-state index in [-0.39, 0.29) is 23.2 Å². The summed E-state index contributed by atoms with van der Waals surface area (Å²) in [7, 11) is -1.42. The third-order valence-corrected chi connectivity index (χ3v) is 8.17. The maximum atomic E-state index is 13.7. The van der Waals surface area contributed by atoms with E-state index in [1.165, 1.54) is 20.3 Å². The first-order valence-electron chi connectivity index (χ1n) is 14.6. The van der Waals surface area contributed by atoms with Crippen LogP contribution in [-0.4, -0.2) is 52.9 Å². The molecule has 10 nitrogen and oxygen atoms in total. The highest BCUT2D eigenvalue weighted by Gasteiger charge is 2.22. The Morgan fingerprint density at radius 1 is 0.804 bits per heavy atom. The number of ether oxygens (including phenoxy) is 3. The molecule has 46 heavy (non-hydrogen) atoms. The number of sulfonamides is 1. The van der Waals surface area contributed by atoms with Crippen molar-refractivity contribution >= 4 is 33.5 Å². The molecule has 0 fully saturated rings. The molecule has 1 amide bonds. The summed E-state index contributed by atoms with van der Waals surface area (Å²) in [6.07, 6.45) is 0.0652. The number of esters is 1. The lowest BCUT2D eigenvalue weighted by Crippen LogP contribution is -2.40. The molecule has 242 valence electrons. The molecule has 0 aromatic heterocycles. The molecule has 1 unspecified atom stereocenters. The monoisotopic (exact) mass is 645 g/mol. The molecule has 0 saturated heterocycles. The SMILES string of the molecule is COC(=O)c1cccc(-c2ccc(OC)c(S(=O)(=O)Nc3cccc(NC(CNC(=O)OC(C)(C)C)Cc4ccccc4)c3)c2)c1. The van der Waals surface area contributed by atoms with Crippen molar-refractivity contribution < 1.29 is 32.2 Å². The molecule has 11 heteroatoms. The van der Waals surface area contributed by atoms with E-state index in [2.05, 4.69) is 15.4 Å². The summed E-state index contributed by atoms with van der Waals surface area (Å²) in [4.78, 5) is 24.4. The Morgan fingerprint density at radius 3 is 2.20 bits per heavy atom. The van der Waals surface area contributed by atoms with E-state index in [1.807, 2.05) is 36.4 Å². The van der Waals surface area contributed by atoms with Crippen LogP contribution in [0.3, 0.4) is 0 Å². The zero-order chi connectivity index (χ0) is 33.3. The molecule has 4 aromatic rings. The van der Waals surface area contributed by atoms with Gasteiger partial charge in [-0.2, -0.15) is 0 Å². The average Bonchev–Trinajstić information content (AvgIpc) is 3.02. The summed E-state index contributed by atoms with van der Waals surface area (Å²) in [6, 6.07) is 28.0. The minimum Gasteiger partial charge on any atom is -0.495 e. The highest BCUT2D eigenvalue weighted by molar-refractivity contribution is 7.92. The first kappa shape index (κ1) is 33.9. The number of nitrogens with one attached hydrogen (secondary N) is 3. The van der Waals surface area contributed by atoms with Gasteiger partial charge in [0, 0.05) is 18.3 Å². The molecular weight excluding hydrogens is 606 g/mol. The first-order valence-corrected chi connectivity index (χ1v) is 16.1. The van der Waals surface area contributed by atoms with Crippen molar-refractivity contribution in [3.63, 3.8) is 0 Å². The number of methoxy groups -OCH3 is 2. The normalized spacial score (nSPS) is 12.0. The van der Waals surface area contributed by atoms with Crippen LogP contribution in [0.25, 0.3) is 11.1 Å². The Morgan fingerprint density at radius 2 is 1.50 bits per heavy atom. The highest BCUT2D eigenvalue weighted by atomic mass is 32.2. The Bertz CT molecular complexity index is 1770. The molecule has 3 N–H and O–H groups in total. The predicted octanol–water partition coefficient (Wildman–Crippen LogP) is 6.50. The molecule has 0 aliphatic carbocycles. The van der Waals surface area contributed by atoms with Gasteiger partial charge in [-0.15, -0.1) is 0 Å². The highest BCUT2D eigenvalue weighted by Crippen LogP contribution is 2.32. The molecule has 0 spiro atoms. The zero-order valence-corrected chi connectivity index (χ0v) is 27.3. The van der Waals surface area contributed by atoms with Crippen LogP contribution in [0, 0.1) is 0 Å². The number of benzene rings is 4. The van der Waals surface area contributed by atoms with Crippen LogP contribution in [0.5, 0.6) is 5.75 Å². The fourth-order valence-electron chi connectivity index (χ4n) is 4.72. The molecule has 0 saturated carbocycles. The second kappa shape index (κ2) is 14.8. The number of rotatable bonds is 12. The third kappa shape index (κ3) is 9.48. The second-order valence-electron chi connectivity index (χ2n) is 11.5. The summed E-state index contributed by atoms with van der Waals surface area (Å²) in [5.74, 6) is -0.337. The Hall–Kier alpha value is -5.03. The summed E-state index contributed by atoms with van der Waals surface area (Å²) >= 11 is 0. The Balaban J connectivity index is 1.56. The summed E-state index contributed by atoms with van der Waals surface area (Å²) in [5.41, 5.74) is 2.95. The molecule has 4 aromatic carbocycles. The maximum absolute atomic E-state index is 13.7. The number of amides is 1. The van der Waals surface area contributed by atoms with Crippen molar-refractivity contribution in [2.75, 3.05) is 30.8 Å². The quantitative estimate of drug-likeness (QED) is 0.149. The van der Waals surface area contributed by atoms with E-state index >= 15 is 0 Å². The van der Waals surface area contributed by atoms with Gasteiger partial charge in [0.2, 0.25) is 0 Å². The van der Waals surface area contributed by atoms with Gasteiger partial charge in [-0.25, -0.2) is 18.0 Å². The first-order chi connectivity index (χ1) is 21.9. The Labute approximate surface area is 270 Å². The van der Waals surface area contributed by atoms with Gasteiger partial charge in [0.05, 0.1) is 25.5 Å². The molecular formula is C35H39N3O7S. The molecule has 0 radical (unpaired) electrons. The second-order valence-corrected chi connectivity index (χ2v) is 13.2. The molecule has 0 aliphatic heterocycles. The number of alkyl carbamates (subject to hydrolysis) is 1. The third-order valence-electron chi connectivity index (χ3n) is 6.77. The van der Waals surface area contributed by atoms with Gasteiger partial charge in [-0.3, -0.25) is 4.72 Å². The maximum Gasteiger partial charge on any atom is 0.407 e. The van der Waals surface area contributed by atoms with Gasteiger partial charge >= 0.3 is 12.1 Å². The lowest BCUT2D eigenvalue weighted by Gasteiger charge is -2.24. The Kier molecular flexibility index (Phi) is 10.9. The van der Waals surface area contributed by atoms with E-state index in [9.17, 15) is 18.0 Å². The predicted molar refractivity (Wildman–Crippen MR) is 179 cm³/mol. The number of hydrogen-bond donors (Lipinski definition) is 3. The van der Waals surface area contributed by atoms with E-state index in [0.717, 1.165) is 5.56 Å². The smallest absolute Gasteiger partial charge is 0.407 e. The van der Waals surface area contributed by atoms with Gasteiger partial charge in [0.15, 0.2) is 0 Å². The van der Waals surface area contributed by atoms with Crippen molar-refractivity contribution in [3.05, 3.63) is 108 Å². The van der Waals surface area contributed by atoms with Crippen molar-refractivity contribution in [2.24, 2.45) is 0 Å². The fraction of sp³-hybridized carbons (Fsp3) is 0.257. The largest absolute Gasteiger partial charge is 0.495 e. The van der Waals surface area contributed by atoms with Gasteiger partial charge in [-0.1, -0.05) is 54.6 Å². The number of anilines is 2. The van der Waals surface area contributed by atoms with Crippen molar-refractivity contribution in [2.45, 2.75) is 43.7 Å².